The summed E-state index contributed by atoms with van der Waals surface area (Å²) >= 11 is 0. The lowest BCUT2D eigenvalue weighted by Crippen LogP contribution is -2.00. The average Bonchev–Trinajstić information content (AvgIpc) is 3.72. The number of aromatic nitrogens is 5. The second kappa shape index (κ2) is 15.1. The summed E-state index contributed by atoms with van der Waals surface area (Å²) in [6.07, 6.45) is 0. The Hall–Kier alpha value is -8.61. The molecule has 0 atom stereocenters. The number of hydrogen-bond donors (Lipinski definition) is 0. The van der Waals surface area contributed by atoms with Crippen molar-refractivity contribution in [1.82, 2.24) is 24.9 Å². The van der Waals surface area contributed by atoms with E-state index in [1.807, 2.05) is 66.7 Å². The third-order valence-corrected chi connectivity index (χ3v) is 11.7. The van der Waals surface area contributed by atoms with Crippen molar-refractivity contribution in [2.75, 3.05) is 0 Å². The second-order valence-corrected chi connectivity index (χ2v) is 15.7. The molecule has 3 heterocycles. The molecule has 0 saturated carbocycles. The van der Waals surface area contributed by atoms with Crippen molar-refractivity contribution in [1.29, 1.82) is 0 Å². The maximum atomic E-state index is 6.16. The number of para-hydroxylation sites is 2. The Kier molecular flexibility index (Phi) is 8.71. The quantitative estimate of drug-likeness (QED) is 0.149. The molecule has 0 fully saturated rings. The summed E-state index contributed by atoms with van der Waals surface area (Å²) in [5.41, 5.74) is 16.6. The highest BCUT2D eigenvalue weighted by molar-refractivity contribution is 6.10. The molecule has 12 aromatic rings. The van der Waals surface area contributed by atoms with Gasteiger partial charge in [0.2, 0.25) is 0 Å². The van der Waals surface area contributed by atoms with Gasteiger partial charge in [-0.3, -0.25) is 0 Å². The van der Waals surface area contributed by atoms with Gasteiger partial charge in [0.25, 0.3) is 0 Å². The van der Waals surface area contributed by atoms with Gasteiger partial charge in [0.1, 0.15) is 11.2 Å². The van der Waals surface area contributed by atoms with Crippen LogP contribution in [-0.4, -0.2) is 24.9 Å². The molecule has 0 N–H and O–H groups in total. The fourth-order valence-electron chi connectivity index (χ4n) is 8.53. The molecular formula is C57H35N5O. The van der Waals surface area contributed by atoms with Crippen molar-refractivity contribution >= 4 is 44.0 Å². The van der Waals surface area contributed by atoms with Crippen LogP contribution in [0.1, 0.15) is 0 Å². The van der Waals surface area contributed by atoms with E-state index in [1.165, 1.54) is 5.56 Å². The fourth-order valence-corrected chi connectivity index (χ4v) is 8.53. The van der Waals surface area contributed by atoms with Crippen molar-refractivity contribution in [3.05, 3.63) is 212 Å². The molecule has 3 aromatic heterocycles. The first-order chi connectivity index (χ1) is 31.2. The molecule has 9 aromatic carbocycles. The molecule has 0 radical (unpaired) electrons. The van der Waals surface area contributed by atoms with E-state index in [0.29, 0.717) is 17.5 Å². The predicted molar refractivity (Wildman–Crippen MR) is 256 cm³/mol. The van der Waals surface area contributed by atoms with E-state index in [9.17, 15) is 0 Å². The van der Waals surface area contributed by atoms with Gasteiger partial charge in [-0.05, 0) is 75.3 Å². The third-order valence-electron chi connectivity index (χ3n) is 11.7. The van der Waals surface area contributed by atoms with E-state index < -0.39 is 0 Å². The van der Waals surface area contributed by atoms with Gasteiger partial charge in [0, 0.05) is 39.1 Å². The zero-order valence-corrected chi connectivity index (χ0v) is 33.9. The van der Waals surface area contributed by atoms with Crippen LogP contribution in [0, 0.1) is 0 Å². The Morgan fingerprint density at radius 1 is 0.254 bits per heavy atom. The van der Waals surface area contributed by atoms with Crippen LogP contribution in [0.3, 0.4) is 0 Å². The highest BCUT2D eigenvalue weighted by Crippen LogP contribution is 2.36. The molecule has 0 spiro atoms. The first-order valence-electron chi connectivity index (χ1n) is 21.0. The van der Waals surface area contributed by atoms with Crippen molar-refractivity contribution < 1.29 is 4.42 Å². The predicted octanol–water partition coefficient (Wildman–Crippen LogP) is 14.5. The van der Waals surface area contributed by atoms with Gasteiger partial charge in [-0.15, -0.1) is 0 Å². The van der Waals surface area contributed by atoms with Gasteiger partial charge in [0.05, 0.1) is 22.1 Å². The maximum absolute atomic E-state index is 6.16. The minimum absolute atomic E-state index is 0.616. The van der Waals surface area contributed by atoms with Crippen LogP contribution < -0.4 is 0 Å². The Labute approximate surface area is 362 Å². The highest BCUT2D eigenvalue weighted by atomic mass is 16.3. The second-order valence-electron chi connectivity index (χ2n) is 15.7. The molecule has 0 saturated heterocycles. The summed E-state index contributed by atoms with van der Waals surface area (Å²) < 4.78 is 6.16. The van der Waals surface area contributed by atoms with Gasteiger partial charge in [0.15, 0.2) is 17.5 Å². The van der Waals surface area contributed by atoms with Crippen LogP contribution >= 0.6 is 0 Å². The molecule has 6 nitrogen and oxygen atoms in total. The molecular weight excluding hydrogens is 771 g/mol. The van der Waals surface area contributed by atoms with Crippen molar-refractivity contribution in [2.24, 2.45) is 0 Å². The topological polar surface area (TPSA) is 77.6 Å². The van der Waals surface area contributed by atoms with Gasteiger partial charge in [-0.2, -0.15) is 0 Å². The SMILES string of the molecule is c1ccc(-c2ccc(-c3nc(-c4ccccc4)nc(-c4cccc(-c5cccc(-c6cccc(-c7cccc8nc9cc%10oc%11ccccc%11c%10cc9nc78)c6)c5)c4)n3)cc2)cc1. The first-order valence-corrected chi connectivity index (χ1v) is 21.0. The van der Waals surface area contributed by atoms with E-state index in [0.717, 1.165) is 99.6 Å². The van der Waals surface area contributed by atoms with Crippen molar-refractivity contribution in [3.8, 4) is 78.7 Å². The molecule has 63 heavy (non-hydrogen) atoms. The molecule has 0 amide bonds. The van der Waals surface area contributed by atoms with Gasteiger partial charge in [-0.1, -0.05) is 170 Å². The number of hydrogen-bond acceptors (Lipinski definition) is 6. The summed E-state index contributed by atoms with van der Waals surface area (Å²) in [6, 6.07) is 73.1. The highest BCUT2D eigenvalue weighted by Gasteiger charge is 2.16. The molecule has 6 heteroatoms. The molecule has 0 unspecified atom stereocenters. The number of rotatable bonds is 7. The Morgan fingerprint density at radius 3 is 1.43 bits per heavy atom. The van der Waals surface area contributed by atoms with Crippen LogP contribution in [0.2, 0.25) is 0 Å². The Morgan fingerprint density at radius 2 is 0.730 bits per heavy atom. The summed E-state index contributed by atoms with van der Waals surface area (Å²) in [6.45, 7) is 0. The first kappa shape index (κ1) is 36.3. The van der Waals surface area contributed by atoms with E-state index >= 15 is 0 Å². The van der Waals surface area contributed by atoms with Crippen LogP contribution in [0.15, 0.2) is 217 Å². The number of benzene rings is 9. The van der Waals surface area contributed by atoms with Crippen LogP contribution in [0.4, 0.5) is 0 Å². The third kappa shape index (κ3) is 6.76. The Balaban J connectivity index is 0.891. The van der Waals surface area contributed by atoms with E-state index in [2.05, 4.69) is 146 Å². The summed E-state index contributed by atoms with van der Waals surface area (Å²) in [5.74, 6) is 1.87. The lowest BCUT2D eigenvalue weighted by molar-refractivity contribution is 0.669. The van der Waals surface area contributed by atoms with E-state index in [4.69, 9.17) is 29.3 Å². The molecule has 294 valence electrons. The van der Waals surface area contributed by atoms with E-state index in [-0.39, 0.29) is 0 Å². The molecule has 0 aliphatic rings. The van der Waals surface area contributed by atoms with Crippen molar-refractivity contribution in [2.45, 2.75) is 0 Å². The van der Waals surface area contributed by atoms with Gasteiger partial charge in [-0.25, -0.2) is 24.9 Å². The minimum atomic E-state index is 0.616. The standard InChI is InChI=1S/C57H35N5O/c1-3-13-36(14-4-1)37-27-29-39(30-28-37)56-60-55(38-15-5-2-6-16-38)61-57(62-56)45-22-11-20-43(33-45)41-18-9-17-40(31-41)42-19-10-21-44(32-42)46-24-12-25-49-54(46)59-50-34-48-47-23-7-8-26-52(47)63-53(48)35-51(50)58-49/h1-35H. The van der Waals surface area contributed by atoms with Crippen LogP contribution in [-0.2, 0) is 0 Å². The largest absolute Gasteiger partial charge is 0.456 e. The fraction of sp³-hybridized carbons (Fsp3) is 0. The smallest absolute Gasteiger partial charge is 0.164 e. The van der Waals surface area contributed by atoms with E-state index in [1.54, 1.807) is 0 Å². The monoisotopic (exact) mass is 805 g/mol. The molecule has 0 aliphatic carbocycles. The van der Waals surface area contributed by atoms with Crippen LogP contribution in [0.25, 0.3) is 123 Å². The maximum Gasteiger partial charge on any atom is 0.164 e. The normalized spacial score (nSPS) is 11.5. The van der Waals surface area contributed by atoms with Gasteiger partial charge < -0.3 is 4.42 Å². The Bertz CT molecular complexity index is 3680. The lowest BCUT2D eigenvalue weighted by Gasteiger charge is -2.12. The number of nitrogens with zero attached hydrogens (tertiary/aromatic N) is 5. The molecule has 12 rings (SSSR count). The molecule has 0 aliphatic heterocycles. The zero-order valence-electron chi connectivity index (χ0n) is 33.9. The van der Waals surface area contributed by atoms with Gasteiger partial charge >= 0.3 is 0 Å². The molecule has 0 bridgehead atoms. The number of fused-ring (bicyclic) bond motifs is 5. The summed E-state index contributed by atoms with van der Waals surface area (Å²) in [4.78, 5) is 25.3. The summed E-state index contributed by atoms with van der Waals surface area (Å²) in [5, 5.41) is 2.11. The van der Waals surface area contributed by atoms with Crippen molar-refractivity contribution in [3.63, 3.8) is 0 Å². The lowest BCUT2D eigenvalue weighted by atomic mass is 9.95. The number of furan rings is 1. The average molecular weight is 806 g/mol. The summed E-state index contributed by atoms with van der Waals surface area (Å²) in [7, 11) is 0. The minimum Gasteiger partial charge on any atom is -0.456 e. The zero-order chi connectivity index (χ0) is 41.7. The van der Waals surface area contributed by atoms with Crippen LogP contribution in [0.5, 0.6) is 0 Å².